The van der Waals surface area contributed by atoms with Gasteiger partial charge in [0.2, 0.25) is 11.8 Å². The summed E-state index contributed by atoms with van der Waals surface area (Å²) in [4.78, 5) is 22.2. The van der Waals surface area contributed by atoms with Crippen LogP contribution in [0.15, 0.2) is 30.3 Å². The van der Waals surface area contributed by atoms with Gasteiger partial charge in [-0.1, -0.05) is 43.2 Å². The van der Waals surface area contributed by atoms with Crippen molar-refractivity contribution in [2.45, 2.75) is 38.0 Å². The van der Waals surface area contributed by atoms with E-state index in [9.17, 15) is 9.59 Å². The predicted octanol–water partition coefficient (Wildman–Crippen LogP) is 1.71. The van der Waals surface area contributed by atoms with Gasteiger partial charge >= 0.3 is 0 Å². The van der Waals surface area contributed by atoms with Crippen LogP contribution in [0.3, 0.4) is 0 Å². The van der Waals surface area contributed by atoms with Crippen molar-refractivity contribution < 1.29 is 14.8 Å². The molecule has 0 spiro atoms. The largest absolute Gasteiger partial charge is 0.369 e. The first kappa shape index (κ1) is 15.2. The van der Waals surface area contributed by atoms with Gasteiger partial charge in [0.25, 0.3) is 0 Å². The van der Waals surface area contributed by atoms with Gasteiger partial charge < -0.3 is 5.73 Å². The van der Waals surface area contributed by atoms with E-state index >= 15 is 0 Å². The third-order valence-corrected chi connectivity index (χ3v) is 3.07. The maximum Gasteiger partial charge on any atom is 0.243 e. The van der Waals surface area contributed by atoms with Crippen molar-refractivity contribution in [3.8, 4) is 0 Å². The number of unbranched alkanes of at least 4 members (excludes halogenated alkanes) is 2. The van der Waals surface area contributed by atoms with Gasteiger partial charge in [0, 0.05) is 6.42 Å². The lowest BCUT2D eigenvalue weighted by molar-refractivity contribution is -0.129. The molecule has 1 aromatic carbocycles. The van der Waals surface area contributed by atoms with Crippen molar-refractivity contribution in [2.24, 2.45) is 5.73 Å². The molecule has 0 saturated heterocycles. The topological polar surface area (TPSA) is 92.4 Å². The molecule has 0 fully saturated rings. The average Bonchev–Trinajstić information content (AvgIpc) is 2.42. The molecule has 1 rings (SSSR count). The van der Waals surface area contributed by atoms with E-state index in [0.717, 1.165) is 18.4 Å². The number of hydrogen-bond donors (Lipinski definition) is 3. The first-order chi connectivity index (χ1) is 9.15. The monoisotopic (exact) mass is 264 g/mol. The SMILES string of the molecule is NC(=O)C(CCCCCC(=O)NO)c1ccccc1. The number of carbonyl (C=O) groups excluding carboxylic acids is 2. The molecule has 0 radical (unpaired) electrons. The van der Waals surface area contributed by atoms with E-state index in [1.807, 2.05) is 30.3 Å². The fraction of sp³-hybridized carbons (Fsp3) is 0.429. The van der Waals surface area contributed by atoms with Gasteiger partial charge in [-0.3, -0.25) is 14.8 Å². The minimum absolute atomic E-state index is 0.270. The van der Waals surface area contributed by atoms with Crippen molar-refractivity contribution in [1.29, 1.82) is 0 Å². The summed E-state index contributed by atoms with van der Waals surface area (Å²) < 4.78 is 0. The van der Waals surface area contributed by atoms with E-state index in [2.05, 4.69) is 0 Å². The Hall–Kier alpha value is -1.88. The Morgan fingerprint density at radius 3 is 2.42 bits per heavy atom. The van der Waals surface area contributed by atoms with Gasteiger partial charge in [0.05, 0.1) is 5.92 Å². The highest BCUT2D eigenvalue weighted by molar-refractivity contribution is 5.81. The molecule has 0 aliphatic rings. The lowest BCUT2D eigenvalue weighted by Gasteiger charge is -2.13. The normalized spacial score (nSPS) is 11.8. The molecule has 5 nitrogen and oxygen atoms in total. The Balaban J connectivity index is 2.36. The zero-order valence-electron chi connectivity index (χ0n) is 10.8. The van der Waals surface area contributed by atoms with Crippen LogP contribution in [0.2, 0.25) is 0 Å². The highest BCUT2D eigenvalue weighted by Crippen LogP contribution is 2.22. The summed E-state index contributed by atoms with van der Waals surface area (Å²) in [6, 6.07) is 9.46. The Morgan fingerprint density at radius 1 is 1.16 bits per heavy atom. The first-order valence-corrected chi connectivity index (χ1v) is 6.42. The maximum atomic E-state index is 11.4. The number of rotatable bonds is 8. The number of amides is 2. The van der Waals surface area contributed by atoms with E-state index in [1.165, 1.54) is 0 Å². The summed E-state index contributed by atoms with van der Waals surface area (Å²) in [5.41, 5.74) is 7.95. The van der Waals surface area contributed by atoms with Gasteiger partial charge in [-0.15, -0.1) is 0 Å². The summed E-state index contributed by atoms with van der Waals surface area (Å²) in [6.45, 7) is 0. The minimum atomic E-state index is -0.380. The van der Waals surface area contributed by atoms with Gasteiger partial charge in [-0.2, -0.15) is 0 Å². The Labute approximate surface area is 112 Å². The molecular formula is C14H20N2O3. The molecular weight excluding hydrogens is 244 g/mol. The van der Waals surface area contributed by atoms with E-state index in [1.54, 1.807) is 5.48 Å². The molecule has 0 aliphatic heterocycles. The first-order valence-electron chi connectivity index (χ1n) is 6.42. The quantitative estimate of drug-likeness (QED) is 0.379. The van der Waals surface area contributed by atoms with Crippen LogP contribution in [-0.4, -0.2) is 17.0 Å². The van der Waals surface area contributed by atoms with E-state index in [0.29, 0.717) is 19.3 Å². The van der Waals surface area contributed by atoms with E-state index in [4.69, 9.17) is 10.9 Å². The predicted molar refractivity (Wildman–Crippen MR) is 71.4 cm³/mol. The second kappa shape index (κ2) is 8.26. The molecule has 0 heterocycles. The van der Waals surface area contributed by atoms with Crippen molar-refractivity contribution in [2.75, 3.05) is 0 Å². The Morgan fingerprint density at radius 2 is 1.84 bits per heavy atom. The molecule has 2 amide bonds. The molecule has 1 aromatic rings. The van der Waals surface area contributed by atoms with Gasteiger partial charge in [-0.05, 0) is 18.4 Å². The summed E-state index contributed by atoms with van der Waals surface area (Å²) in [5.74, 6) is -0.971. The van der Waals surface area contributed by atoms with Crippen molar-refractivity contribution in [3.05, 3.63) is 35.9 Å². The summed E-state index contributed by atoms with van der Waals surface area (Å²) >= 11 is 0. The summed E-state index contributed by atoms with van der Waals surface area (Å²) in [5, 5.41) is 8.34. The molecule has 0 aromatic heterocycles. The van der Waals surface area contributed by atoms with Crippen LogP contribution >= 0.6 is 0 Å². The molecule has 1 atom stereocenters. The van der Waals surface area contributed by atoms with Crippen LogP contribution in [0, 0.1) is 0 Å². The number of nitrogens with two attached hydrogens (primary N) is 1. The van der Waals surface area contributed by atoms with Crippen LogP contribution in [0.5, 0.6) is 0 Å². The highest BCUT2D eigenvalue weighted by atomic mass is 16.5. The number of hydroxylamine groups is 1. The van der Waals surface area contributed by atoms with Crippen LogP contribution in [0.25, 0.3) is 0 Å². The average molecular weight is 264 g/mol. The zero-order chi connectivity index (χ0) is 14.1. The standard InChI is InChI=1S/C14H20N2O3/c15-14(18)12(11-7-3-1-4-8-11)9-5-2-6-10-13(17)16-19/h1,3-4,7-8,12,19H,2,5-6,9-10H2,(H2,15,18)(H,16,17). The number of benzene rings is 1. The molecule has 104 valence electrons. The molecule has 4 N–H and O–H groups in total. The maximum absolute atomic E-state index is 11.4. The smallest absolute Gasteiger partial charge is 0.243 e. The van der Waals surface area contributed by atoms with E-state index in [-0.39, 0.29) is 17.7 Å². The third-order valence-electron chi connectivity index (χ3n) is 3.07. The number of primary amides is 1. The third kappa shape index (κ3) is 5.52. The van der Waals surface area contributed by atoms with Crippen LogP contribution in [0.1, 0.15) is 43.6 Å². The second-order valence-corrected chi connectivity index (χ2v) is 4.50. The lowest BCUT2D eigenvalue weighted by Crippen LogP contribution is -2.21. The molecule has 0 bridgehead atoms. The lowest BCUT2D eigenvalue weighted by atomic mass is 9.92. The van der Waals surface area contributed by atoms with Gasteiger partial charge in [0.1, 0.15) is 0 Å². The Kier molecular flexibility index (Phi) is 6.60. The molecule has 19 heavy (non-hydrogen) atoms. The van der Waals surface area contributed by atoms with Gasteiger partial charge in [0.15, 0.2) is 0 Å². The van der Waals surface area contributed by atoms with E-state index < -0.39 is 0 Å². The fourth-order valence-corrected chi connectivity index (χ4v) is 2.03. The van der Waals surface area contributed by atoms with Crippen molar-refractivity contribution in [1.82, 2.24) is 5.48 Å². The highest BCUT2D eigenvalue weighted by Gasteiger charge is 2.16. The van der Waals surface area contributed by atoms with Crippen LogP contribution < -0.4 is 11.2 Å². The van der Waals surface area contributed by atoms with Crippen molar-refractivity contribution >= 4 is 11.8 Å². The number of hydrogen-bond acceptors (Lipinski definition) is 3. The Bertz CT molecular complexity index is 406. The van der Waals surface area contributed by atoms with Crippen LogP contribution in [-0.2, 0) is 9.59 Å². The minimum Gasteiger partial charge on any atom is -0.369 e. The van der Waals surface area contributed by atoms with Crippen molar-refractivity contribution in [3.63, 3.8) is 0 Å². The molecule has 1 unspecified atom stereocenters. The fourth-order valence-electron chi connectivity index (χ4n) is 2.03. The van der Waals surface area contributed by atoms with Crippen LogP contribution in [0.4, 0.5) is 0 Å². The zero-order valence-corrected chi connectivity index (χ0v) is 10.8. The molecule has 0 aliphatic carbocycles. The summed E-state index contributed by atoms with van der Waals surface area (Å²) in [7, 11) is 0. The molecule has 5 heteroatoms. The number of carbonyl (C=O) groups is 2. The summed E-state index contributed by atoms with van der Waals surface area (Å²) in [6.07, 6.45) is 3.31. The second-order valence-electron chi connectivity index (χ2n) is 4.50. The van der Waals surface area contributed by atoms with Gasteiger partial charge in [-0.25, -0.2) is 5.48 Å². The molecule has 0 saturated carbocycles. The number of nitrogens with one attached hydrogen (secondary N) is 1.